The van der Waals surface area contributed by atoms with Gasteiger partial charge < -0.3 is 9.47 Å². The Hall–Kier alpha value is -6.02. The summed E-state index contributed by atoms with van der Waals surface area (Å²) in [5.41, 5.74) is 3.71. The van der Waals surface area contributed by atoms with Crippen LogP contribution in [0.5, 0.6) is 23.0 Å². The molecule has 0 aromatic heterocycles. The number of rotatable bonds is 8. The number of fused-ring (bicyclic) bond motifs is 2. The highest BCUT2D eigenvalue weighted by molar-refractivity contribution is 6.34. The minimum Gasteiger partial charge on any atom is -0.457 e. The van der Waals surface area contributed by atoms with E-state index in [1.165, 1.54) is 9.80 Å². The number of ether oxygens (including phenoxy) is 2. The van der Waals surface area contributed by atoms with Gasteiger partial charge in [-0.3, -0.25) is 24.1 Å². The van der Waals surface area contributed by atoms with Crippen molar-refractivity contribution in [3.05, 3.63) is 149 Å². The van der Waals surface area contributed by atoms with Gasteiger partial charge in [0.15, 0.2) is 0 Å². The van der Waals surface area contributed by atoms with Gasteiger partial charge in [0.1, 0.15) is 23.0 Å². The summed E-state index contributed by atoms with van der Waals surface area (Å²) in [6, 6.07) is 34.1. The number of anilines is 1. The van der Waals surface area contributed by atoms with E-state index in [0.717, 1.165) is 11.1 Å². The van der Waals surface area contributed by atoms with Crippen molar-refractivity contribution in [1.82, 2.24) is 4.90 Å². The Labute approximate surface area is 278 Å². The van der Waals surface area contributed by atoms with Crippen LogP contribution in [-0.4, -0.2) is 34.6 Å². The average Bonchev–Trinajstić information content (AvgIpc) is 3.48. The van der Waals surface area contributed by atoms with Gasteiger partial charge in [0.2, 0.25) is 0 Å². The first-order valence-corrected chi connectivity index (χ1v) is 15.7. The van der Waals surface area contributed by atoms with Crippen molar-refractivity contribution >= 4 is 29.3 Å². The number of benzene rings is 5. The van der Waals surface area contributed by atoms with Crippen molar-refractivity contribution < 1.29 is 28.7 Å². The second kappa shape index (κ2) is 11.7. The highest BCUT2D eigenvalue weighted by Gasteiger charge is 2.38. The molecule has 0 atom stereocenters. The fourth-order valence-electron chi connectivity index (χ4n) is 6.18. The second-order valence-electron chi connectivity index (χ2n) is 12.6. The number of carbonyl (C=O) groups excluding carboxylic acids is 4. The molecule has 8 nitrogen and oxygen atoms in total. The van der Waals surface area contributed by atoms with E-state index in [1.54, 1.807) is 60.7 Å². The van der Waals surface area contributed by atoms with Crippen LogP contribution >= 0.6 is 0 Å². The Morgan fingerprint density at radius 2 is 0.917 bits per heavy atom. The highest BCUT2D eigenvalue weighted by atomic mass is 16.5. The third-order valence-corrected chi connectivity index (χ3v) is 8.90. The molecule has 5 aromatic carbocycles. The summed E-state index contributed by atoms with van der Waals surface area (Å²) in [5.74, 6) is 0.832. The monoisotopic (exact) mass is 636 g/mol. The third kappa shape index (κ3) is 5.21. The van der Waals surface area contributed by atoms with Gasteiger partial charge in [0.25, 0.3) is 23.6 Å². The Balaban J connectivity index is 1.03. The summed E-state index contributed by atoms with van der Waals surface area (Å²) in [4.78, 5) is 53.9. The molecule has 0 saturated heterocycles. The van der Waals surface area contributed by atoms with E-state index in [0.29, 0.717) is 50.9 Å². The molecule has 0 bridgehead atoms. The van der Waals surface area contributed by atoms with Gasteiger partial charge in [-0.15, -0.1) is 0 Å². The number of hydrogen-bond donors (Lipinski definition) is 0. The van der Waals surface area contributed by atoms with Crippen LogP contribution in [0, 0.1) is 0 Å². The van der Waals surface area contributed by atoms with Crippen LogP contribution < -0.4 is 14.4 Å². The number of nitrogens with zero attached hydrogens (tertiary/aromatic N) is 2. The molecule has 48 heavy (non-hydrogen) atoms. The molecule has 0 unspecified atom stereocenters. The molecule has 2 aliphatic heterocycles. The van der Waals surface area contributed by atoms with Crippen LogP contribution in [0.3, 0.4) is 0 Å². The Kier molecular flexibility index (Phi) is 7.43. The third-order valence-electron chi connectivity index (χ3n) is 8.90. The lowest BCUT2D eigenvalue weighted by atomic mass is 9.78. The van der Waals surface area contributed by atoms with E-state index in [-0.39, 0.29) is 35.1 Å². The first kappa shape index (κ1) is 30.6. The van der Waals surface area contributed by atoms with Crippen LogP contribution in [0.1, 0.15) is 80.3 Å². The fraction of sp³-hybridized carbons (Fsp3) is 0.150. The van der Waals surface area contributed by atoms with Crippen LogP contribution in [0.25, 0.3) is 0 Å². The Bertz CT molecular complexity index is 2100. The minimum absolute atomic E-state index is 0.224. The van der Waals surface area contributed by atoms with Crippen molar-refractivity contribution in [3.8, 4) is 23.0 Å². The van der Waals surface area contributed by atoms with Crippen molar-refractivity contribution in [2.45, 2.75) is 39.2 Å². The van der Waals surface area contributed by atoms with E-state index in [4.69, 9.17) is 9.47 Å². The van der Waals surface area contributed by atoms with Crippen molar-refractivity contribution in [1.29, 1.82) is 0 Å². The lowest BCUT2D eigenvalue weighted by Crippen LogP contribution is -2.35. The topological polar surface area (TPSA) is 93.2 Å². The van der Waals surface area contributed by atoms with Gasteiger partial charge in [0.05, 0.1) is 27.9 Å². The number of amides is 4. The molecule has 2 heterocycles. The molecule has 2 aliphatic rings. The molecule has 7 rings (SSSR count). The van der Waals surface area contributed by atoms with Crippen LogP contribution in [0.15, 0.2) is 115 Å². The van der Waals surface area contributed by atoms with E-state index in [2.05, 4.69) is 13.8 Å². The Morgan fingerprint density at radius 3 is 1.42 bits per heavy atom. The summed E-state index contributed by atoms with van der Waals surface area (Å²) in [6.07, 6.45) is 0. The van der Waals surface area contributed by atoms with Gasteiger partial charge in [0, 0.05) is 11.5 Å². The molecule has 0 saturated carbocycles. The van der Waals surface area contributed by atoms with Crippen molar-refractivity contribution in [2.24, 2.45) is 0 Å². The molecular weight excluding hydrogens is 604 g/mol. The normalized spacial score (nSPS) is 14.1. The molecule has 0 N–H and O–H groups in total. The molecule has 8 heteroatoms. The van der Waals surface area contributed by atoms with Crippen LogP contribution in [0.4, 0.5) is 5.69 Å². The van der Waals surface area contributed by atoms with Crippen molar-refractivity contribution in [2.75, 3.05) is 4.90 Å². The quantitative estimate of drug-likeness (QED) is 0.159. The highest BCUT2D eigenvalue weighted by Crippen LogP contribution is 2.37. The Morgan fingerprint density at radius 1 is 0.500 bits per heavy atom. The smallest absolute Gasteiger partial charge is 0.266 e. The number of carbonyl (C=O) groups is 4. The van der Waals surface area contributed by atoms with Crippen LogP contribution in [-0.2, 0) is 5.41 Å². The lowest BCUT2D eigenvalue weighted by Gasteiger charge is -2.26. The standard InChI is InChI=1S/C40H32N2O6/c1-24(2)41-36(43)32-20-18-30(22-34(32)38(41)45)47-28-14-10-25(11-15-28)40(3,4)26-12-16-29(17-13-26)48-31-19-21-33-35(23-31)39(46)42(37(33)44)27-8-6-5-7-9-27/h5-24H,1-4H3. The second-order valence-corrected chi connectivity index (χ2v) is 12.6. The minimum atomic E-state index is -0.378. The van der Waals surface area contributed by atoms with Crippen molar-refractivity contribution in [3.63, 3.8) is 0 Å². The summed E-state index contributed by atoms with van der Waals surface area (Å²) in [5, 5.41) is 0. The van der Waals surface area contributed by atoms with Gasteiger partial charge in [-0.1, -0.05) is 56.3 Å². The predicted molar refractivity (Wildman–Crippen MR) is 181 cm³/mol. The van der Waals surface area contributed by atoms with E-state index < -0.39 is 0 Å². The fourth-order valence-corrected chi connectivity index (χ4v) is 6.18. The van der Waals surface area contributed by atoms with E-state index >= 15 is 0 Å². The molecule has 5 aromatic rings. The first-order chi connectivity index (χ1) is 23.0. The molecule has 0 radical (unpaired) electrons. The summed E-state index contributed by atoms with van der Waals surface area (Å²) in [6.45, 7) is 7.88. The van der Waals surface area contributed by atoms with Gasteiger partial charge in [-0.2, -0.15) is 0 Å². The number of hydrogen-bond acceptors (Lipinski definition) is 6. The van der Waals surface area contributed by atoms with Gasteiger partial charge >= 0.3 is 0 Å². The molecule has 0 aliphatic carbocycles. The maximum absolute atomic E-state index is 13.1. The molecule has 0 spiro atoms. The number of imide groups is 2. The van der Waals surface area contributed by atoms with E-state index in [1.807, 2.05) is 68.4 Å². The molecule has 238 valence electrons. The molecular formula is C40H32N2O6. The lowest BCUT2D eigenvalue weighted by molar-refractivity contribution is 0.0608. The zero-order valence-electron chi connectivity index (χ0n) is 26.9. The maximum atomic E-state index is 13.1. The summed E-state index contributed by atoms with van der Waals surface area (Å²) >= 11 is 0. The van der Waals surface area contributed by atoms with Gasteiger partial charge in [-0.05, 0) is 97.8 Å². The summed E-state index contributed by atoms with van der Waals surface area (Å²) < 4.78 is 12.1. The van der Waals surface area contributed by atoms with Gasteiger partial charge in [-0.25, -0.2) is 4.90 Å². The first-order valence-electron chi connectivity index (χ1n) is 15.7. The SMILES string of the molecule is CC(C)N1C(=O)c2ccc(Oc3ccc(C(C)(C)c4ccc(Oc5ccc6c(c5)C(=O)N(c5ccccc5)C6=O)cc4)cc3)cc2C1=O. The number of para-hydroxylation sites is 1. The molecule has 0 fully saturated rings. The van der Waals surface area contributed by atoms with E-state index in [9.17, 15) is 19.2 Å². The van der Waals surface area contributed by atoms with Crippen LogP contribution in [0.2, 0.25) is 0 Å². The molecule has 4 amide bonds. The zero-order valence-corrected chi connectivity index (χ0v) is 26.9. The predicted octanol–water partition coefficient (Wildman–Crippen LogP) is 8.40. The zero-order chi connectivity index (χ0) is 33.7. The maximum Gasteiger partial charge on any atom is 0.266 e. The summed E-state index contributed by atoms with van der Waals surface area (Å²) in [7, 11) is 0. The largest absolute Gasteiger partial charge is 0.457 e. The average molecular weight is 637 g/mol.